The van der Waals surface area contributed by atoms with Gasteiger partial charge in [0.1, 0.15) is 0 Å². The molecule has 0 aliphatic heterocycles. The predicted molar refractivity (Wildman–Crippen MR) is 70.9 cm³/mol. The Bertz CT molecular complexity index is 447. The van der Waals surface area contributed by atoms with Crippen molar-refractivity contribution in [2.75, 3.05) is 6.54 Å². The summed E-state index contributed by atoms with van der Waals surface area (Å²) in [7, 11) is 0. The molecule has 1 aromatic carbocycles. The zero-order valence-electron chi connectivity index (χ0n) is 10.8. The molecule has 0 saturated carbocycles. The van der Waals surface area contributed by atoms with Gasteiger partial charge in [0.05, 0.1) is 6.10 Å². The van der Waals surface area contributed by atoms with Crippen LogP contribution >= 0.6 is 0 Å². The molecule has 6 nitrogen and oxygen atoms in total. The smallest absolute Gasteiger partial charge is 0.309 e. The van der Waals surface area contributed by atoms with Gasteiger partial charge in [0, 0.05) is 19.6 Å². The molecule has 104 valence electrons. The van der Waals surface area contributed by atoms with Crippen LogP contribution < -0.4 is 16.4 Å². The molecule has 1 atom stereocenters. The van der Waals surface area contributed by atoms with Gasteiger partial charge in [-0.25, -0.2) is 0 Å². The van der Waals surface area contributed by atoms with Gasteiger partial charge in [0.2, 0.25) is 0 Å². The summed E-state index contributed by atoms with van der Waals surface area (Å²) in [5.41, 5.74) is 7.35. The number of carbonyl (C=O) groups is 2. The molecule has 1 rings (SSSR count). The molecule has 0 aliphatic rings. The van der Waals surface area contributed by atoms with Gasteiger partial charge < -0.3 is 21.5 Å². The number of nitrogens with one attached hydrogen (secondary N) is 2. The average molecular weight is 265 g/mol. The molecule has 0 aliphatic carbocycles. The largest absolute Gasteiger partial charge is 0.392 e. The normalized spacial score (nSPS) is 11.7. The zero-order valence-corrected chi connectivity index (χ0v) is 10.8. The third kappa shape index (κ3) is 5.50. The van der Waals surface area contributed by atoms with E-state index >= 15 is 0 Å². The van der Waals surface area contributed by atoms with Crippen molar-refractivity contribution in [3.8, 4) is 0 Å². The Morgan fingerprint density at radius 3 is 2.53 bits per heavy atom. The van der Waals surface area contributed by atoms with E-state index in [4.69, 9.17) is 10.8 Å². The Labute approximate surface area is 112 Å². The van der Waals surface area contributed by atoms with Crippen LogP contribution in [0.3, 0.4) is 0 Å². The monoisotopic (exact) mass is 265 g/mol. The minimum atomic E-state index is -0.754. The Morgan fingerprint density at radius 1 is 1.26 bits per heavy atom. The lowest BCUT2D eigenvalue weighted by Crippen LogP contribution is -2.42. The number of hydrogen-bond acceptors (Lipinski definition) is 4. The summed E-state index contributed by atoms with van der Waals surface area (Å²) in [6.07, 6.45) is -0.682. The summed E-state index contributed by atoms with van der Waals surface area (Å²) in [6.45, 7) is 2.26. The van der Waals surface area contributed by atoms with Gasteiger partial charge in [-0.15, -0.1) is 0 Å². The first-order valence-electron chi connectivity index (χ1n) is 6.05. The fraction of sp³-hybridized carbons (Fsp3) is 0.385. The van der Waals surface area contributed by atoms with E-state index in [1.807, 2.05) is 24.3 Å². The Hall–Kier alpha value is -1.92. The maximum Gasteiger partial charge on any atom is 0.309 e. The minimum Gasteiger partial charge on any atom is -0.392 e. The molecular formula is C13H19N3O3. The van der Waals surface area contributed by atoms with Crippen LogP contribution in [0.25, 0.3) is 0 Å². The Balaban J connectivity index is 2.42. The molecule has 1 aromatic rings. The van der Waals surface area contributed by atoms with Crippen LogP contribution in [0.2, 0.25) is 0 Å². The van der Waals surface area contributed by atoms with E-state index in [0.717, 1.165) is 11.1 Å². The van der Waals surface area contributed by atoms with Crippen LogP contribution in [0.5, 0.6) is 0 Å². The fourth-order valence-corrected chi connectivity index (χ4v) is 1.45. The SMILES string of the molecule is CC(O)CNC(=O)C(=O)NCc1cccc(CN)c1. The van der Waals surface area contributed by atoms with Crippen molar-refractivity contribution < 1.29 is 14.7 Å². The molecule has 1 unspecified atom stereocenters. The third-order valence-corrected chi connectivity index (χ3v) is 2.44. The number of aliphatic hydroxyl groups is 1. The second-order valence-corrected chi connectivity index (χ2v) is 4.27. The molecule has 0 saturated heterocycles. The van der Waals surface area contributed by atoms with E-state index < -0.39 is 17.9 Å². The number of hydrogen-bond donors (Lipinski definition) is 4. The van der Waals surface area contributed by atoms with Crippen molar-refractivity contribution in [2.45, 2.75) is 26.1 Å². The predicted octanol–water partition coefficient (Wildman–Crippen LogP) is -0.741. The molecular weight excluding hydrogens is 246 g/mol. The first kappa shape index (κ1) is 15.1. The third-order valence-electron chi connectivity index (χ3n) is 2.44. The highest BCUT2D eigenvalue weighted by Crippen LogP contribution is 2.03. The van der Waals surface area contributed by atoms with E-state index in [9.17, 15) is 9.59 Å². The Kier molecular flexibility index (Phi) is 5.98. The second kappa shape index (κ2) is 7.50. The average Bonchev–Trinajstić information content (AvgIpc) is 2.42. The van der Waals surface area contributed by atoms with Crippen molar-refractivity contribution in [2.24, 2.45) is 5.73 Å². The molecule has 2 amide bonds. The number of rotatable bonds is 5. The molecule has 0 fully saturated rings. The quantitative estimate of drug-likeness (QED) is 0.526. The van der Waals surface area contributed by atoms with Gasteiger partial charge in [-0.1, -0.05) is 24.3 Å². The summed E-state index contributed by atoms with van der Waals surface area (Å²) in [4.78, 5) is 22.8. The van der Waals surface area contributed by atoms with Crippen LogP contribution in [0, 0.1) is 0 Å². The van der Waals surface area contributed by atoms with Gasteiger partial charge in [-0.3, -0.25) is 9.59 Å². The van der Waals surface area contributed by atoms with Gasteiger partial charge in [-0.05, 0) is 18.1 Å². The second-order valence-electron chi connectivity index (χ2n) is 4.27. The molecule has 0 spiro atoms. The minimum absolute atomic E-state index is 0.0505. The highest BCUT2D eigenvalue weighted by Gasteiger charge is 2.13. The van der Waals surface area contributed by atoms with E-state index in [2.05, 4.69) is 10.6 Å². The fourth-order valence-electron chi connectivity index (χ4n) is 1.45. The lowest BCUT2D eigenvalue weighted by Gasteiger charge is -2.08. The zero-order chi connectivity index (χ0) is 14.3. The van der Waals surface area contributed by atoms with Crippen LogP contribution in [-0.2, 0) is 22.7 Å². The first-order chi connectivity index (χ1) is 9.02. The highest BCUT2D eigenvalue weighted by atomic mass is 16.3. The first-order valence-corrected chi connectivity index (χ1v) is 6.05. The summed E-state index contributed by atoms with van der Waals surface area (Å²) in [6, 6.07) is 7.44. The standard InChI is InChI=1S/C13H19N3O3/c1-9(17)7-15-12(18)13(19)16-8-11-4-2-3-10(5-11)6-14/h2-5,9,17H,6-8,14H2,1H3,(H,15,18)(H,16,19). The van der Waals surface area contributed by atoms with Crippen molar-refractivity contribution in [1.82, 2.24) is 10.6 Å². The summed E-state index contributed by atoms with van der Waals surface area (Å²) < 4.78 is 0. The number of nitrogens with two attached hydrogens (primary N) is 1. The van der Waals surface area contributed by atoms with Crippen molar-refractivity contribution in [3.05, 3.63) is 35.4 Å². The number of amides is 2. The van der Waals surface area contributed by atoms with Crippen molar-refractivity contribution >= 4 is 11.8 Å². The molecule has 19 heavy (non-hydrogen) atoms. The maximum atomic E-state index is 11.5. The van der Waals surface area contributed by atoms with Gasteiger partial charge in [0.15, 0.2) is 0 Å². The van der Waals surface area contributed by atoms with Crippen molar-refractivity contribution in [1.29, 1.82) is 0 Å². The molecule has 0 radical (unpaired) electrons. The lowest BCUT2D eigenvalue weighted by molar-refractivity contribution is -0.139. The Morgan fingerprint density at radius 2 is 1.89 bits per heavy atom. The van der Waals surface area contributed by atoms with E-state index in [1.54, 1.807) is 0 Å². The highest BCUT2D eigenvalue weighted by molar-refractivity contribution is 6.35. The van der Waals surface area contributed by atoms with Crippen LogP contribution in [-0.4, -0.2) is 29.6 Å². The number of carbonyl (C=O) groups excluding carboxylic acids is 2. The van der Waals surface area contributed by atoms with E-state index in [0.29, 0.717) is 6.54 Å². The van der Waals surface area contributed by atoms with Crippen LogP contribution in [0.15, 0.2) is 24.3 Å². The van der Waals surface area contributed by atoms with Crippen molar-refractivity contribution in [3.63, 3.8) is 0 Å². The van der Waals surface area contributed by atoms with Crippen LogP contribution in [0.4, 0.5) is 0 Å². The summed E-state index contributed by atoms with van der Waals surface area (Å²) in [5, 5.41) is 13.8. The van der Waals surface area contributed by atoms with E-state index in [1.165, 1.54) is 6.92 Å². The van der Waals surface area contributed by atoms with Gasteiger partial charge in [-0.2, -0.15) is 0 Å². The summed E-state index contributed by atoms with van der Waals surface area (Å²) >= 11 is 0. The summed E-state index contributed by atoms with van der Waals surface area (Å²) in [5.74, 6) is -1.48. The van der Waals surface area contributed by atoms with Gasteiger partial charge in [0.25, 0.3) is 0 Å². The molecule has 0 bridgehead atoms. The topological polar surface area (TPSA) is 104 Å². The number of benzene rings is 1. The number of aliphatic hydroxyl groups excluding tert-OH is 1. The molecule has 0 heterocycles. The van der Waals surface area contributed by atoms with Crippen LogP contribution in [0.1, 0.15) is 18.1 Å². The molecule has 6 heteroatoms. The van der Waals surface area contributed by atoms with Gasteiger partial charge >= 0.3 is 11.8 Å². The molecule has 0 aromatic heterocycles. The maximum absolute atomic E-state index is 11.5. The van der Waals surface area contributed by atoms with E-state index in [-0.39, 0.29) is 13.1 Å². The molecule has 5 N–H and O–H groups in total. The lowest BCUT2D eigenvalue weighted by atomic mass is 10.1.